The van der Waals surface area contributed by atoms with Gasteiger partial charge >= 0.3 is 5.97 Å². The molecule has 0 radical (unpaired) electrons. The second kappa shape index (κ2) is 5.09. The fraction of sp³-hybridized carbons (Fsp3) is 0.550. The number of piperidine rings is 1. The zero-order chi connectivity index (χ0) is 18.3. The minimum absolute atomic E-state index is 0.0177. The first kappa shape index (κ1) is 16.3. The quantitative estimate of drug-likeness (QED) is 0.770. The van der Waals surface area contributed by atoms with Gasteiger partial charge in [-0.3, -0.25) is 4.79 Å². The number of esters is 1. The number of hydrogen-bond acceptors (Lipinski definition) is 6. The van der Waals surface area contributed by atoms with Gasteiger partial charge in [-0.15, -0.1) is 0 Å². The SMILES string of the molecule is CC(=O)OC1=CC[C@@]2(O)[C@H]3Cc4ccc(CO)c5c4C2(CCN3C)C1O5. The summed E-state index contributed by atoms with van der Waals surface area (Å²) in [5.41, 5.74) is 1.26. The summed E-state index contributed by atoms with van der Waals surface area (Å²) in [5.74, 6) is 0.760. The molecule has 2 aliphatic carbocycles. The van der Waals surface area contributed by atoms with Crippen molar-refractivity contribution in [2.45, 2.75) is 56.0 Å². The van der Waals surface area contributed by atoms with Crippen LogP contribution in [0.4, 0.5) is 0 Å². The smallest absolute Gasteiger partial charge is 0.307 e. The monoisotopic (exact) mass is 357 g/mol. The van der Waals surface area contributed by atoms with Crippen LogP contribution in [-0.2, 0) is 28.0 Å². The Labute approximate surface area is 152 Å². The first-order valence-electron chi connectivity index (χ1n) is 9.16. The molecule has 138 valence electrons. The van der Waals surface area contributed by atoms with Crippen molar-refractivity contribution in [3.63, 3.8) is 0 Å². The normalized spacial score (nSPS) is 36.8. The fourth-order valence-electron chi connectivity index (χ4n) is 5.80. The highest BCUT2D eigenvalue weighted by atomic mass is 16.6. The number of carbonyl (C=O) groups excluding carboxylic acids is 1. The maximum absolute atomic E-state index is 11.9. The summed E-state index contributed by atoms with van der Waals surface area (Å²) in [6, 6.07) is 3.93. The van der Waals surface area contributed by atoms with Crippen LogP contribution in [0.1, 0.15) is 36.5 Å². The lowest BCUT2D eigenvalue weighted by Gasteiger charge is -2.61. The molecule has 2 bridgehead atoms. The minimum atomic E-state index is -0.985. The van der Waals surface area contributed by atoms with Gasteiger partial charge in [0, 0.05) is 30.5 Å². The van der Waals surface area contributed by atoms with E-state index >= 15 is 0 Å². The van der Waals surface area contributed by atoms with Gasteiger partial charge in [-0.2, -0.15) is 0 Å². The Morgan fingerprint density at radius 3 is 3.00 bits per heavy atom. The van der Waals surface area contributed by atoms with E-state index in [0.717, 1.165) is 29.7 Å². The van der Waals surface area contributed by atoms with Crippen LogP contribution in [0.3, 0.4) is 0 Å². The van der Waals surface area contributed by atoms with Gasteiger partial charge in [0.05, 0.1) is 17.6 Å². The van der Waals surface area contributed by atoms with Crippen molar-refractivity contribution >= 4 is 5.97 Å². The molecule has 1 fully saturated rings. The molecule has 1 spiro atoms. The van der Waals surface area contributed by atoms with Gasteiger partial charge in [0.2, 0.25) is 0 Å². The van der Waals surface area contributed by atoms with Gasteiger partial charge < -0.3 is 24.6 Å². The first-order chi connectivity index (χ1) is 12.4. The third kappa shape index (κ3) is 1.70. The van der Waals surface area contributed by atoms with Crippen molar-refractivity contribution in [2.75, 3.05) is 13.6 Å². The van der Waals surface area contributed by atoms with Crippen LogP contribution in [0, 0.1) is 0 Å². The molecule has 26 heavy (non-hydrogen) atoms. The van der Waals surface area contributed by atoms with Crippen LogP contribution >= 0.6 is 0 Å². The third-order valence-corrected chi connectivity index (χ3v) is 6.89. The number of aliphatic hydroxyl groups is 2. The fourth-order valence-corrected chi connectivity index (χ4v) is 5.80. The van der Waals surface area contributed by atoms with Gasteiger partial charge in [0.1, 0.15) is 11.5 Å². The van der Waals surface area contributed by atoms with Crippen molar-refractivity contribution in [2.24, 2.45) is 0 Å². The number of rotatable bonds is 2. The van der Waals surface area contributed by atoms with Gasteiger partial charge in [-0.05, 0) is 38.1 Å². The number of ether oxygens (including phenoxy) is 2. The van der Waals surface area contributed by atoms with E-state index in [9.17, 15) is 15.0 Å². The van der Waals surface area contributed by atoms with E-state index < -0.39 is 17.1 Å². The van der Waals surface area contributed by atoms with Crippen molar-refractivity contribution in [3.8, 4) is 5.75 Å². The van der Waals surface area contributed by atoms with Crippen LogP contribution in [0.15, 0.2) is 24.0 Å². The van der Waals surface area contributed by atoms with E-state index in [0.29, 0.717) is 24.4 Å². The summed E-state index contributed by atoms with van der Waals surface area (Å²) in [6.45, 7) is 2.09. The highest BCUT2D eigenvalue weighted by Crippen LogP contribution is 2.64. The molecule has 0 amide bonds. The third-order valence-electron chi connectivity index (χ3n) is 6.89. The molecule has 2 heterocycles. The van der Waals surface area contributed by atoms with Gasteiger partial charge in [0.25, 0.3) is 0 Å². The van der Waals surface area contributed by atoms with Gasteiger partial charge in [-0.25, -0.2) is 0 Å². The van der Waals surface area contributed by atoms with Gasteiger partial charge in [-0.1, -0.05) is 12.1 Å². The maximum Gasteiger partial charge on any atom is 0.307 e. The van der Waals surface area contributed by atoms with Crippen molar-refractivity contribution in [1.29, 1.82) is 0 Å². The lowest BCUT2D eigenvalue weighted by Crippen LogP contribution is -2.74. The zero-order valence-electron chi connectivity index (χ0n) is 15.0. The van der Waals surface area contributed by atoms with Gasteiger partial charge in [0.15, 0.2) is 6.10 Å². The summed E-state index contributed by atoms with van der Waals surface area (Å²) in [7, 11) is 2.06. The molecular weight excluding hydrogens is 334 g/mol. The Bertz CT molecular complexity index is 849. The van der Waals surface area contributed by atoms with Crippen LogP contribution in [0.2, 0.25) is 0 Å². The van der Waals surface area contributed by atoms with E-state index in [1.807, 2.05) is 18.2 Å². The summed E-state index contributed by atoms with van der Waals surface area (Å²) in [6.07, 6.45) is 3.16. The predicted molar refractivity (Wildman–Crippen MR) is 92.6 cm³/mol. The van der Waals surface area contributed by atoms with Crippen molar-refractivity contribution in [1.82, 2.24) is 4.90 Å². The van der Waals surface area contributed by atoms with E-state index in [4.69, 9.17) is 9.47 Å². The number of aliphatic hydroxyl groups excluding tert-OH is 1. The number of benzene rings is 1. The molecule has 1 saturated heterocycles. The molecule has 0 saturated carbocycles. The highest BCUT2D eigenvalue weighted by Gasteiger charge is 2.71. The Hall–Kier alpha value is -1.89. The summed E-state index contributed by atoms with van der Waals surface area (Å²) in [4.78, 5) is 13.9. The molecule has 1 aromatic carbocycles. The molecular formula is C20H23NO5. The summed E-state index contributed by atoms with van der Waals surface area (Å²) < 4.78 is 11.8. The minimum Gasteiger partial charge on any atom is -0.481 e. The molecule has 2 N–H and O–H groups in total. The van der Waals surface area contributed by atoms with Crippen LogP contribution in [0.25, 0.3) is 0 Å². The summed E-state index contributed by atoms with van der Waals surface area (Å²) in [5, 5.41) is 21.7. The number of carbonyl (C=O) groups is 1. The molecule has 1 aromatic rings. The number of likely N-dealkylation sites (N-methyl/N-ethyl adjacent to an activating group) is 1. The molecule has 6 nitrogen and oxygen atoms in total. The van der Waals surface area contributed by atoms with Crippen LogP contribution in [0.5, 0.6) is 5.75 Å². The van der Waals surface area contributed by atoms with Crippen LogP contribution in [-0.4, -0.2) is 52.4 Å². The number of hydrogen-bond donors (Lipinski definition) is 2. The second-order valence-corrected chi connectivity index (χ2v) is 7.99. The molecule has 0 aromatic heterocycles. The standard InChI is InChI=1S/C20H23NO5/c1-11(23)25-14-5-6-20(24)15-9-12-3-4-13(10-22)17-16(12)19(20,18(14)26-17)7-8-21(15)2/h3-5,15,18,22,24H,6-10H2,1-2H3/t15-,18?,19?,20-/m1/s1. The van der Waals surface area contributed by atoms with Crippen LogP contribution < -0.4 is 4.74 Å². The van der Waals surface area contributed by atoms with E-state index in [1.165, 1.54) is 6.92 Å². The van der Waals surface area contributed by atoms with Crippen molar-refractivity contribution in [3.05, 3.63) is 40.7 Å². The highest BCUT2D eigenvalue weighted by molar-refractivity contribution is 5.69. The average Bonchev–Trinajstić information content (AvgIpc) is 2.95. The zero-order valence-corrected chi connectivity index (χ0v) is 15.0. The first-order valence-corrected chi connectivity index (χ1v) is 9.16. The van der Waals surface area contributed by atoms with E-state index in [1.54, 1.807) is 0 Å². The molecule has 2 aliphatic heterocycles. The summed E-state index contributed by atoms with van der Waals surface area (Å²) >= 11 is 0. The lowest BCUT2D eigenvalue weighted by molar-refractivity contribution is -0.168. The molecule has 4 atom stereocenters. The van der Waals surface area contributed by atoms with E-state index in [2.05, 4.69) is 11.9 Å². The predicted octanol–water partition coefficient (Wildman–Crippen LogP) is 1.02. The molecule has 5 rings (SSSR count). The molecule has 4 aliphatic rings. The topological polar surface area (TPSA) is 79.2 Å². The Balaban J connectivity index is 1.79. The molecule has 6 heteroatoms. The lowest BCUT2D eigenvalue weighted by atomic mass is 9.50. The Kier molecular flexibility index (Phi) is 3.19. The molecule has 2 unspecified atom stereocenters. The Morgan fingerprint density at radius 1 is 1.46 bits per heavy atom. The second-order valence-electron chi connectivity index (χ2n) is 7.99. The largest absolute Gasteiger partial charge is 0.481 e. The number of nitrogens with zero attached hydrogens (tertiary/aromatic N) is 1. The number of likely N-dealkylation sites (tertiary alicyclic amines) is 1. The average molecular weight is 357 g/mol. The van der Waals surface area contributed by atoms with E-state index in [-0.39, 0.29) is 18.6 Å². The van der Waals surface area contributed by atoms with Crippen molar-refractivity contribution < 1.29 is 24.5 Å². The Morgan fingerprint density at radius 2 is 2.27 bits per heavy atom. The maximum atomic E-state index is 11.9.